The van der Waals surface area contributed by atoms with Crippen molar-refractivity contribution in [2.45, 2.75) is 32.8 Å². The van der Waals surface area contributed by atoms with Crippen molar-refractivity contribution in [2.75, 3.05) is 45.9 Å². The van der Waals surface area contributed by atoms with Crippen LogP contribution in [0, 0.1) is 5.92 Å². The number of ether oxygens (including phenoxy) is 1. The normalized spacial score (nSPS) is 30.8. The molecule has 0 amide bonds. The fourth-order valence-electron chi connectivity index (χ4n) is 2.71. The zero-order valence-electron chi connectivity index (χ0n) is 10.8. The van der Waals surface area contributed by atoms with E-state index in [4.69, 9.17) is 4.74 Å². The smallest absolute Gasteiger partial charge is 0.0829 e. The van der Waals surface area contributed by atoms with Crippen molar-refractivity contribution in [3.8, 4) is 0 Å². The third kappa shape index (κ3) is 3.44. The minimum atomic E-state index is 0.446. The van der Waals surface area contributed by atoms with Gasteiger partial charge in [-0.25, -0.2) is 0 Å². The second kappa shape index (κ2) is 5.99. The zero-order valence-corrected chi connectivity index (χ0v) is 10.8. The lowest BCUT2D eigenvalue weighted by atomic mass is 9.99. The van der Waals surface area contributed by atoms with E-state index in [0.717, 1.165) is 38.7 Å². The molecule has 0 unspecified atom stereocenters. The van der Waals surface area contributed by atoms with Crippen LogP contribution in [0.25, 0.3) is 0 Å². The summed E-state index contributed by atoms with van der Waals surface area (Å²) < 4.78 is 5.86. The van der Waals surface area contributed by atoms with E-state index in [1.165, 1.54) is 25.9 Å². The highest BCUT2D eigenvalue weighted by Gasteiger charge is 2.23. The lowest BCUT2D eigenvalue weighted by Crippen LogP contribution is -2.48. The van der Waals surface area contributed by atoms with Crippen LogP contribution >= 0.6 is 0 Å². The molecule has 2 saturated heterocycles. The predicted molar refractivity (Wildman–Crippen MR) is 66.7 cm³/mol. The Balaban J connectivity index is 1.72. The fourth-order valence-corrected chi connectivity index (χ4v) is 2.71. The molecule has 0 N–H and O–H groups in total. The Labute approximate surface area is 99.7 Å². The van der Waals surface area contributed by atoms with Gasteiger partial charge in [0.25, 0.3) is 0 Å². The molecule has 0 aromatic carbocycles. The third-order valence-corrected chi connectivity index (χ3v) is 4.01. The van der Waals surface area contributed by atoms with Crippen LogP contribution in [-0.4, -0.2) is 61.8 Å². The molecule has 0 saturated carbocycles. The molecule has 3 heteroatoms. The Morgan fingerprint density at radius 3 is 2.56 bits per heavy atom. The number of hydrogen-bond donors (Lipinski definition) is 0. The monoisotopic (exact) mass is 226 g/mol. The Morgan fingerprint density at radius 1 is 1.12 bits per heavy atom. The summed E-state index contributed by atoms with van der Waals surface area (Å²) in [5.41, 5.74) is 0. The molecule has 2 heterocycles. The van der Waals surface area contributed by atoms with Crippen LogP contribution in [0.2, 0.25) is 0 Å². The molecule has 0 bridgehead atoms. The van der Waals surface area contributed by atoms with Crippen LogP contribution in [0.5, 0.6) is 0 Å². The summed E-state index contributed by atoms with van der Waals surface area (Å²) >= 11 is 0. The maximum absolute atomic E-state index is 5.86. The van der Waals surface area contributed by atoms with Crippen LogP contribution < -0.4 is 0 Å². The largest absolute Gasteiger partial charge is 0.374 e. The lowest BCUT2D eigenvalue weighted by Gasteiger charge is -2.37. The van der Waals surface area contributed by atoms with E-state index in [2.05, 4.69) is 23.6 Å². The van der Waals surface area contributed by atoms with Crippen molar-refractivity contribution in [2.24, 2.45) is 5.92 Å². The number of rotatable bonds is 3. The summed E-state index contributed by atoms with van der Waals surface area (Å²) in [6, 6.07) is 0. The molecule has 2 rings (SSSR count). The van der Waals surface area contributed by atoms with E-state index in [1.807, 2.05) is 0 Å². The molecular formula is C13H26N2O. The molecule has 2 aliphatic rings. The quantitative estimate of drug-likeness (QED) is 0.724. The van der Waals surface area contributed by atoms with Crippen LogP contribution in [0.15, 0.2) is 0 Å². The molecule has 1 atom stereocenters. The van der Waals surface area contributed by atoms with Crippen molar-refractivity contribution in [3.05, 3.63) is 0 Å². The summed E-state index contributed by atoms with van der Waals surface area (Å²) in [7, 11) is 0. The van der Waals surface area contributed by atoms with Gasteiger partial charge >= 0.3 is 0 Å². The van der Waals surface area contributed by atoms with Crippen LogP contribution in [0.4, 0.5) is 0 Å². The number of nitrogens with zero attached hydrogens (tertiary/aromatic N) is 2. The second-order valence-corrected chi connectivity index (χ2v) is 5.37. The highest BCUT2D eigenvalue weighted by Crippen LogP contribution is 2.17. The summed E-state index contributed by atoms with van der Waals surface area (Å²) in [6.07, 6.45) is 3.18. The maximum Gasteiger partial charge on any atom is 0.0829 e. The molecule has 0 aromatic rings. The van der Waals surface area contributed by atoms with Gasteiger partial charge in [-0.3, -0.25) is 4.90 Å². The number of hydrogen-bond acceptors (Lipinski definition) is 3. The van der Waals surface area contributed by atoms with Gasteiger partial charge in [-0.1, -0.05) is 13.8 Å². The molecule has 94 valence electrons. The molecular weight excluding hydrogens is 200 g/mol. The van der Waals surface area contributed by atoms with E-state index in [-0.39, 0.29) is 0 Å². The molecule has 16 heavy (non-hydrogen) atoms. The summed E-state index contributed by atoms with van der Waals surface area (Å²) in [6.45, 7) is 12.6. The van der Waals surface area contributed by atoms with Gasteiger partial charge in [0, 0.05) is 19.6 Å². The van der Waals surface area contributed by atoms with E-state index < -0.39 is 0 Å². The van der Waals surface area contributed by atoms with Crippen molar-refractivity contribution >= 4 is 0 Å². The predicted octanol–water partition coefficient (Wildman–Crippen LogP) is 1.44. The first-order chi connectivity index (χ1) is 7.78. The molecule has 2 fully saturated rings. The summed E-state index contributed by atoms with van der Waals surface area (Å²) in [5.74, 6) is 0.927. The Kier molecular flexibility index (Phi) is 4.62. The second-order valence-electron chi connectivity index (χ2n) is 5.37. The molecule has 0 aliphatic carbocycles. The highest BCUT2D eigenvalue weighted by atomic mass is 16.5. The first kappa shape index (κ1) is 12.3. The molecule has 0 spiro atoms. The van der Waals surface area contributed by atoms with Gasteiger partial charge < -0.3 is 9.64 Å². The molecule has 3 nitrogen and oxygen atoms in total. The van der Waals surface area contributed by atoms with Crippen molar-refractivity contribution in [3.63, 3.8) is 0 Å². The van der Waals surface area contributed by atoms with Gasteiger partial charge in [0.1, 0.15) is 0 Å². The van der Waals surface area contributed by atoms with Gasteiger partial charge in [-0.05, 0) is 38.4 Å². The summed E-state index contributed by atoms with van der Waals surface area (Å²) in [4.78, 5) is 5.09. The van der Waals surface area contributed by atoms with Crippen molar-refractivity contribution in [1.29, 1.82) is 0 Å². The fraction of sp³-hybridized carbons (Fsp3) is 1.00. The average Bonchev–Trinajstić information content (AvgIpc) is 2.32. The Hall–Kier alpha value is -0.120. The highest BCUT2D eigenvalue weighted by molar-refractivity contribution is 4.77. The van der Waals surface area contributed by atoms with E-state index in [0.29, 0.717) is 6.10 Å². The van der Waals surface area contributed by atoms with Gasteiger partial charge in [0.2, 0.25) is 0 Å². The number of morpholine rings is 1. The van der Waals surface area contributed by atoms with Crippen molar-refractivity contribution in [1.82, 2.24) is 9.80 Å². The number of likely N-dealkylation sites (tertiary alicyclic amines) is 1. The zero-order chi connectivity index (χ0) is 11.4. The minimum Gasteiger partial charge on any atom is -0.374 e. The molecule has 0 radical (unpaired) electrons. The van der Waals surface area contributed by atoms with Crippen LogP contribution in [-0.2, 0) is 4.74 Å². The average molecular weight is 226 g/mol. The van der Waals surface area contributed by atoms with Gasteiger partial charge in [0.05, 0.1) is 12.7 Å². The van der Waals surface area contributed by atoms with E-state index >= 15 is 0 Å². The minimum absolute atomic E-state index is 0.446. The van der Waals surface area contributed by atoms with Gasteiger partial charge in [-0.15, -0.1) is 0 Å². The first-order valence-electron chi connectivity index (χ1n) is 6.84. The Bertz CT molecular complexity index is 202. The van der Waals surface area contributed by atoms with Gasteiger partial charge in [0.15, 0.2) is 0 Å². The topological polar surface area (TPSA) is 15.7 Å². The SMILES string of the molecule is CCN1CCO[C@H](CN2CCC(C)CC2)C1. The first-order valence-corrected chi connectivity index (χ1v) is 6.84. The summed E-state index contributed by atoms with van der Waals surface area (Å²) in [5, 5.41) is 0. The van der Waals surface area contributed by atoms with E-state index in [1.54, 1.807) is 0 Å². The van der Waals surface area contributed by atoms with E-state index in [9.17, 15) is 0 Å². The molecule has 2 aliphatic heterocycles. The van der Waals surface area contributed by atoms with Gasteiger partial charge in [-0.2, -0.15) is 0 Å². The number of piperidine rings is 1. The van der Waals surface area contributed by atoms with Crippen LogP contribution in [0.1, 0.15) is 26.7 Å². The number of likely N-dealkylation sites (N-methyl/N-ethyl adjacent to an activating group) is 1. The molecule has 0 aromatic heterocycles. The van der Waals surface area contributed by atoms with Crippen LogP contribution in [0.3, 0.4) is 0 Å². The Morgan fingerprint density at radius 2 is 1.88 bits per heavy atom. The maximum atomic E-state index is 5.86. The lowest BCUT2D eigenvalue weighted by molar-refractivity contribution is -0.0450. The standard InChI is InChI=1S/C13H26N2O/c1-3-14-8-9-16-13(10-14)11-15-6-4-12(2)5-7-15/h12-13H,3-11H2,1-2H3/t13-/m0/s1. The third-order valence-electron chi connectivity index (χ3n) is 4.01. The van der Waals surface area contributed by atoms with Crippen molar-refractivity contribution < 1.29 is 4.74 Å².